The first-order valence-corrected chi connectivity index (χ1v) is 4.62. The predicted octanol–water partition coefficient (Wildman–Crippen LogP) is 0.427. The SMILES string of the molecule is CCC(=O)NCCC(=O)NC(C)C. The van der Waals surface area contributed by atoms with Gasteiger partial charge in [0.25, 0.3) is 0 Å². The molecule has 0 saturated heterocycles. The molecule has 0 radical (unpaired) electrons. The molecule has 0 atom stereocenters. The van der Waals surface area contributed by atoms with Gasteiger partial charge in [-0.25, -0.2) is 0 Å². The lowest BCUT2D eigenvalue weighted by atomic mass is 10.3. The molecule has 0 spiro atoms. The maximum absolute atomic E-state index is 11.1. The van der Waals surface area contributed by atoms with Crippen molar-refractivity contribution in [2.45, 2.75) is 39.7 Å². The van der Waals surface area contributed by atoms with E-state index < -0.39 is 0 Å². The van der Waals surface area contributed by atoms with Crippen LogP contribution in [0.2, 0.25) is 0 Å². The summed E-state index contributed by atoms with van der Waals surface area (Å²) in [5, 5.41) is 5.38. The zero-order chi connectivity index (χ0) is 10.3. The second-order valence-electron chi connectivity index (χ2n) is 3.18. The first kappa shape index (κ1) is 11.9. The van der Waals surface area contributed by atoms with Crippen molar-refractivity contribution in [1.82, 2.24) is 10.6 Å². The summed E-state index contributed by atoms with van der Waals surface area (Å²) in [7, 11) is 0. The van der Waals surface area contributed by atoms with Gasteiger partial charge in [0.05, 0.1) is 0 Å². The molecule has 0 aliphatic carbocycles. The summed E-state index contributed by atoms with van der Waals surface area (Å²) in [5.74, 6) is -0.0382. The van der Waals surface area contributed by atoms with E-state index in [9.17, 15) is 9.59 Å². The molecule has 0 bridgehead atoms. The van der Waals surface area contributed by atoms with Crippen molar-refractivity contribution < 1.29 is 9.59 Å². The molecule has 13 heavy (non-hydrogen) atoms. The molecule has 2 amide bonds. The van der Waals surface area contributed by atoms with Crippen LogP contribution in [0.1, 0.15) is 33.6 Å². The Kier molecular flexibility index (Phi) is 5.93. The van der Waals surface area contributed by atoms with Crippen molar-refractivity contribution in [2.75, 3.05) is 6.54 Å². The highest BCUT2D eigenvalue weighted by atomic mass is 16.2. The summed E-state index contributed by atoms with van der Waals surface area (Å²) in [4.78, 5) is 21.8. The van der Waals surface area contributed by atoms with Gasteiger partial charge in [-0.15, -0.1) is 0 Å². The molecule has 0 unspecified atom stereocenters. The van der Waals surface area contributed by atoms with Gasteiger partial charge >= 0.3 is 0 Å². The van der Waals surface area contributed by atoms with E-state index >= 15 is 0 Å². The first-order valence-electron chi connectivity index (χ1n) is 4.62. The predicted molar refractivity (Wildman–Crippen MR) is 51.2 cm³/mol. The lowest BCUT2D eigenvalue weighted by Crippen LogP contribution is -2.33. The molecular formula is C9H18N2O2. The van der Waals surface area contributed by atoms with Gasteiger partial charge < -0.3 is 10.6 Å². The smallest absolute Gasteiger partial charge is 0.221 e. The molecule has 76 valence electrons. The third-order valence-electron chi connectivity index (χ3n) is 1.45. The molecule has 4 heteroatoms. The van der Waals surface area contributed by atoms with Crippen LogP contribution in [0.5, 0.6) is 0 Å². The highest BCUT2D eigenvalue weighted by Crippen LogP contribution is 1.83. The summed E-state index contributed by atoms with van der Waals surface area (Å²) in [5.41, 5.74) is 0. The number of amides is 2. The van der Waals surface area contributed by atoms with Gasteiger partial charge in [-0.2, -0.15) is 0 Å². The summed E-state index contributed by atoms with van der Waals surface area (Å²) in [6.45, 7) is 6.01. The Morgan fingerprint density at radius 2 is 1.85 bits per heavy atom. The molecule has 0 saturated carbocycles. The van der Waals surface area contributed by atoms with Crippen LogP contribution in [0.4, 0.5) is 0 Å². The van der Waals surface area contributed by atoms with Crippen LogP contribution in [0.15, 0.2) is 0 Å². The molecule has 0 aliphatic rings. The third-order valence-corrected chi connectivity index (χ3v) is 1.45. The van der Waals surface area contributed by atoms with Gasteiger partial charge in [-0.3, -0.25) is 9.59 Å². The molecular weight excluding hydrogens is 168 g/mol. The van der Waals surface area contributed by atoms with Crippen molar-refractivity contribution in [1.29, 1.82) is 0 Å². The number of nitrogens with one attached hydrogen (secondary N) is 2. The average molecular weight is 186 g/mol. The van der Waals surface area contributed by atoms with Crippen molar-refractivity contribution in [3.63, 3.8) is 0 Å². The zero-order valence-corrected chi connectivity index (χ0v) is 8.52. The standard InChI is InChI=1S/C9H18N2O2/c1-4-8(12)10-6-5-9(13)11-7(2)3/h7H,4-6H2,1-3H3,(H,10,12)(H,11,13). The quantitative estimate of drug-likeness (QED) is 0.654. The third kappa shape index (κ3) is 7.31. The van der Waals surface area contributed by atoms with Crippen LogP contribution in [0.25, 0.3) is 0 Å². The van der Waals surface area contributed by atoms with Crippen molar-refractivity contribution >= 4 is 11.8 Å². The van der Waals surface area contributed by atoms with Crippen molar-refractivity contribution in [2.24, 2.45) is 0 Å². The van der Waals surface area contributed by atoms with Crippen LogP contribution < -0.4 is 10.6 Å². The van der Waals surface area contributed by atoms with E-state index in [2.05, 4.69) is 10.6 Å². The van der Waals surface area contributed by atoms with E-state index in [-0.39, 0.29) is 17.9 Å². The molecule has 0 aromatic heterocycles. The largest absolute Gasteiger partial charge is 0.356 e. The number of carbonyl (C=O) groups is 2. The number of hydrogen-bond donors (Lipinski definition) is 2. The fourth-order valence-corrected chi connectivity index (χ4v) is 0.835. The Balaban J connectivity index is 3.42. The fraction of sp³-hybridized carbons (Fsp3) is 0.778. The van der Waals surface area contributed by atoms with E-state index in [0.29, 0.717) is 19.4 Å². The van der Waals surface area contributed by atoms with E-state index in [1.807, 2.05) is 13.8 Å². The first-order chi connectivity index (χ1) is 6.06. The Bertz CT molecular complexity index is 178. The fourth-order valence-electron chi connectivity index (χ4n) is 0.835. The maximum atomic E-state index is 11.1. The highest BCUT2D eigenvalue weighted by Gasteiger charge is 2.03. The maximum Gasteiger partial charge on any atom is 0.221 e. The molecule has 2 N–H and O–H groups in total. The average Bonchev–Trinajstić information content (AvgIpc) is 2.02. The van der Waals surface area contributed by atoms with Gasteiger partial charge in [-0.05, 0) is 13.8 Å². The van der Waals surface area contributed by atoms with Crippen LogP contribution in [0.3, 0.4) is 0 Å². The monoisotopic (exact) mass is 186 g/mol. The lowest BCUT2D eigenvalue weighted by Gasteiger charge is -2.08. The van der Waals surface area contributed by atoms with Crippen LogP contribution >= 0.6 is 0 Å². The normalized spacial score (nSPS) is 9.85. The molecule has 0 fully saturated rings. The Morgan fingerprint density at radius 1 is 1.23 bits per heavy atom. The molecule has 0 aliphatic heterocycles. The minimum atomic E-state index is -0.0218. The van der Waals surface area contributed by atoms with E-state index in [1.165, 1.54) is 0 Å². The molecule has 4 nitrogen and oxygen atoms in total. The molecule has 0 rings (SSSR count). The number of rotatable bonds is 5. The Morgan fingerprint density at radius 3 is 2.31 bits per heavy atom. The van der Waals surface area contributed by atoms with Crippen LogP contribution in [-0.2, 0) is 9.59 Å². The zero-order valence-electron chi connectivity index (χ0n) is 8.52. The molecule has 0 aromatic rings. The Labute approximate surface area is 79.1 Å². The Hall–Kier alpha value is -1.06. The molecule has 0 aromatic carbocycles. The van der Waals surface area contributed by atoms with E-state index in [0.717, 1.165) is 0 Å². The summed E-state index contributed by atoms with van der Waals surface area (Å²) in [6.07, 6.45) is 0.815. The van der Waals surface area contributed by atoms with Gasteiger partial charge in [0.2, 0.25) is 11.8 Å². The number of hydrogen-bond acceptors (Lipinski definition) is 2. The van der Waals surface area contributed by atoms with Gasteiger partial charge in [0.1, 0.15) is 0 Å². The number of carbonyl (C=O) groups excluding carboxylic acids is 2. The summed E-state index contributed by atoms with van der Waals surface area (Å²) < 4.78 is 0. The second kappa shape index (κ2) is 6.46. The van der Waals surface area contributed by atoms with Gasteiger partial charge in [0, 0.05) is 25.4 Å². The lowest BCUT2D eigenvalue weighted by molar-refractivity contribution is -0.122. The van der Waals surface area contributed by atoms with Crippen LogP contribution in [0, 0.1) is 0 Å². The second-order valence-corrected chi connectivity index (χ2v) is 3.18. The van der Waals surface area contributed by atoms with E-state index in [4.69, 9.17) is 0 Å². The van der Waals surface area contributed by atoms with Crippen molar-refractivity contribution in [3.05, 3.63) is 0 Å². The minimum absolute atomic E-state index is 0.0163. The summed E-state index contributed by atoms with van der Waals surface area (Å²) >= 11 is 0. The van der Waals surface area contributed by atoms with E-state index in [1.54, 1.807) is 6.92 Å². The molecule has 0 heterocycles. The minimum Gasteiger partial charge on any atom is -0.356 e. The topological polar surface area (TPSA) is 58.2 Å². The van der Waals surface area contributed by atoms with Gasteiger partial charge in [-0.1, -0.05) is 6.92 Å². The van der Waals surface area contributed by atoms with Crippen LogP contribution in [-0.4, -0.2) is 24.4 Å². The highest BCUT2D eigenvalue weighted by molar-refractivity contribution is 5.78. The van der Waals surface area contributed by atoms with Gasteiger partial charge in [0.15, 0.2) is 0 Å². The van der Waals surface area contributed by atoms with Crippen molar-refractivity contribution in [3.8, 4) is 0 Å². The summed E-state index contributed by atoms with van der Waals surface area (Å²) in [6, 6.07) is 0.161.